The number of likely N-dealkylation sites (N-methyl/N-ethyl adjacent to an activating group) is 1. The van der Waals surface area contributed by atoms with Crippen LogP contribution in [0.4, 0.5) is 0 Å². The Labute approximate surface area is 328 Å². The molecule has 0 bridgehead atoms. The highest BCUT2D eigenvalue weighted by atomic mass is 31.2. The molecule has 0 aliphatic heterocycles. The number of hydrogen-bond acceptors (Lipinski definition) is 5. The number of hydrogen-bond donors (Lipinski definition) is 3. The van der Waals surface area contributed by atoms with Crippen LogP contribution in [-0.4, -0.2) is 73.4 Å². The second-order valence-electron chi connectivity index (χ2n) is 16.4. The predicted molar refractivity (Wildman–Crippen MR) is 226 cm³/mol. The van der Waals surface area contributed by atoms with Crippen LogP contribution in [-0.2, 0) is 18.4 Å². The maximum Gasteiger partial charge on any atom is 0.472 e. The van der Waals surface area contributed by atoms with Crippen LogP contribution in [0, 0.1) is 0 Å². The molecule has 0 saturated carbocycles. The van der Waals surface area contributed by atoms with Crippen molar-refractivity contribution in [1.29, 1.82) is 0 Å². The average molecular weight is 772 g/mol. The van der Waals surface area contributed by atoms with Gasteiger partial charge < -0.3 is 19.8 Å². The number of aliphatic hydroxyl groups is 1. The molecule has 0 spiro atoms. The first-order chi connectivity index (χ1) is 25.5. The van der Waals surface area contributed by atoms with E-state index in [4.69, 9.17) is 9.05 Å². The second-order valence-corrected chi connectivity index (χ2v) is 17.9. The van der Waals surface area contributed by atoms with Crippen molar-refractivity contribution in [3.8, 4) is 0 Å². The molecule has 1 unspecified atom stereocenters. The predicted octanol–water partition coefficient (Wildman–Crippen LogP) is 12.1. The number of quaternary nitrogens is 1. The van der Waals surface area contributed by atoms with Gasteiger partial charge in [-0.3, -0.25) is 13.8 Å². The van der Waals surface area contributed by atoms with E-state index >= 15 is 0 Å². The number of allylic oxidation sites excluding steroid dienone is 3. The Morgan fingerprint density at radius 1 is 0.623 bits per heavy atom. The number of carbonyl (C=O) groups is 1. The van der Waals surface area contributed by atoms with Gasteiger partial charge in [-0.1, -0.05) is 186 Å². The molecular formula is C44H88N2O6P+. The molecule has 0 saturated heterocycles. The summed E-state index contributed by atoms with van der Waals surface area (Å²) < 4.78 is 23.5. The van der Waals surface area contributed by atoms with Gasteiger partial charge in [-0.2, -0.15) is 0 Å². The number of amides is 1. The van der Waals surface area contributed by atoms with Crippen molar-refractivity contribution in [3.63, 3.8) is 0 Å². The van der Waals surface area contributed by atoms with Gasteiger partial charge in [-0.05, 0) is 32.1 Å². The van der Waals surface area contributed by atoms with Gasteiger partial charge in [0.2, 0.25) is 5.91 Å². The first kappa shape index (κ1) is 52.0. The summed E-state index contributed by atoms with van der Waals surface area (Å²) in [6.45, 7) is 4.78. The molecule has 9 heteroatoms. The minimum Gasteiger partial charge on any atom is -0.387 e. The number of rotatable bonds is 40. The summed E-state index contributed by atoms with van der Waals surface area (Å²) in [5.41, 5.74) is 0. The van der Waals surface area contributed by atoms with E-state index in [1.54, 1.807) is 6.08 Å². The number of carbonyl (C=O) groups excluding carboxylic acids is 1. The Morgan fingerprint density at radius 2 is 1.04 bits per heavy atom. The van der Waals surface area contributed by atoms with E-state index < -0.39 is 20.0 Å². The lowest BCUT2D eigenvalue weighted by Gasteiger charge is -2.25. The van der Waals surface area contributed by atoms with Gasteiger partial charge in [0.05, 0.1) is 39.9 Å². The van der Waals surface area contributed by atoms with Gasteiger partial charge in [0, 0.05) is 6.42 Å². The van der Waals surface area contributed by atoms with Gasteiger partial charge in [-0.15, -0.1) is 0 Å². The first-order valence-electron chi connectivity index (χ1n) is 22.2. The summed E-state index contributed by atoms with van der Waals surface area (Å²) in [5, 5.41) is 13.8. The van der Waals surface area contributed by atoms with Crippen LogP contribution in [0.3, 0.4) is 0 Å². The Balaban J connectivity index is 4.37. The molecule has 0 aromatic heterocycles. The number of unbranched alkanes of at least 4 members (excludes halogenated alkanes) is 25. The molecule has 314 valence electrons. The number of phosphoric ester groups is 1. The summed E-state index contributed by atoms with van der Waals surface area (Å²) >= 11 is 0. The molecule has 0 aliphatic rings. The third-order valence-electron chi connectivity index (χ3n) is 9.92. The van der Waals surface area contributed by atoms with Crippen LogP contribution in [0.1, 0.15) is 200 Å². The minimum absolute atomic E-state index is 0.0581. The fourth-order valence-corrected chi connectivity index (χ4v) is 7.09. The van der Waals surface area contributed by atoms with Crippen LogP contribution in [0.25, 0.3) is 0 Å². The van der Waals surface area contributed by atoms with E-state index in [-0.39, 0.29) is 19.1 Å². The lowest BCUT2D eigenvalue weighted by molar-refractivity contribution is -0.870. The van der Waals surface area contributed by atoms with Crippen molar-refractivity contribution < 1.29 is 32.9 Å². The van der Waals surface area contributed by atoms with Crippen molar-refractivity contribution in [2.45, 2.75) is 212 Å². The van der Waals surface area contributed by atoms with E-state index in [9.17, 15) is 19.4 Å². The molecule has 1 amide bonds. The highest BCUT2D eigenvalue weighted by molar-refractivity contribution is 7.47. The van der Waals surface area contributed by atoms with Crippen LogP contribution in [0.5, 0.6) is 0 Å². The number of aliphatic hydroxyl groups excluding tert-OH is 1. The summed E-state index contributed by atoms with van der Waals surface area (Å²) in [4.78, 5) is 23.1. The standard InChI is InChI=1S/C44H87N2O6P/c1-6-8-10-12-14-16-18-20-21-22-23-24-25-26-28-30-32-34-36-38-44(48)45-42(41-52-53(49,50)51-40-39-46(3,4)5)43(47)37-35-33-31-29-27-19-17-15-13-11-9-7-2/h27,29,35,37,42-43,47H,6-26,28,30-34,36,38-41H2,1-5H3,(H-,45,48,49,50)/p+1/b29-27+,37-35+/t42-,43+/m0/s1. The van der Waals surface area contributed by atoms with Gasteiger partial charge in [0.25, 0.3) is 0 Å². The van der Waals surface area contributed by atoms with Crippen molar-refractivity contribution in [1.82, 2.24) is 5.32 Å². The molecule has 0 aliphatic carbocycles. The number of nitrogens with zero attached hydrogens (tertiary/aromatic N) is 1. The summed E-state index contributed by atoms with van der Waals surface area (Å²) in [6, 6.07) is -0.857. The molecule has 0 rings (SSSR count). The largest absolute Gasteiger partial charge is 0.472 e. The smallest absolute Gasteiger partial charge is 0.387 e. The van der Waals surface area contributed by atoms with Crippen LogP contribution < -0.4 is 5.32 Å². The van der Waals surface area contributed by atoms with E-state index in [2.05, 4.69) is 31.3 Å². The van der Waals surface area contributed by atoms with Crippen molar-refractivity contribution >= 4 is 13.7 Å². The van der Waals surface area contributed by atoms with Crippen LogP contribution in [0.15, 0.2) is 24.3 Å². The van der Waals surface area contributed by atoms with Gasteiger partial charge in [0.15, 0.2) is 0 Å². The third-order valence-corrected chi connectivity index (χ3v) is 10.9. The van der Waals surface area contributed by atoms with Gasteiger partial charge in [-0.25, -0.2) is 4.57 Å². The van der Waals surface area contributed by atoms with Gasteiger partial charge >= 0.3 is 7.82 Å². The minimum atomic E-state index is -4.34. The SMILES string of the molecule is CCCCCCCC/C=C/CC/C=C/[C@@H](O)[C@H](COP(=O)(O)OCC[N+](C)(C)C)NC(=O)CCCCCCCCCCCCCCCCCCCCC. The van der Waals surface area contributed by atoms with Crippen LogP contribution in [0.2, 0.25) is 0 Å². The Hall–Kier alpha value is -1.02. The van der Waals surface area contributed by atoms with Crippen LogP contribution >= 0.6 is 7.82 Å². The molecule has 3 N–H and O–H groups in total. The zero-order chi connectivity index (χ0) is 39.3. The second kappa shape index (κ2) is 36.6. The zero-order valence-electron chi connectivity index (χ0n) is 35.5. The van der Waals surface area contributed by atoms with Gasteiger partial charge in [0.1, 0.15) is 13.2 Å². The zero-order valence-corrected chi connectivity index (χ0v) is 36.4. The third kappa shape index (κ3) is 39.0. The maximum absolute atomic E-state index is 12.8. The molecule has 8 nitrogen and oxygen atoms in total. The topological polar surface area (TPSA) is 105 Å². The van der Waals surface area contributed by atoms with Crippen molar-refractivity contribution in [2.24, 2.45) is 0 Å². The van der Waals surface area contributed by atoms with E-state index in [1.165, 1.54) is 141 Å². The summed E-state index contributed by atoms with van der Waals surface area (Å²) in [5.74, 6) is -0.186. The quantitative estimate of drug-likeness (QED) is 0.0248. The molecule has 53 heavy (non-hydrogen) atoms. The Bertz CT molecular complexity index is 922. The number of phosphoric acid groups is 1. The molecule has 0 heterocycles. The lowest BCUT2D eigenvalue weighted by Crippen LogP contribution is -2.45. The fourth-order valence-electron chi connectivity index (χ4n) is 6.35. The fraction of sp³-hybridized carbons (Fsp3) is 0.886. The summed E-state index contributed by atoms with van der Waals surface area (Å²) in [6.07, 6.45) is 42.5. The highest BCUT2D eigenvalue weighted by Crippen LogP contribution is 2.43. The maximum atomic E-state index is 12.8. The highest BCUT2D eigenvalue weighted by Gasteiger charge is 2.27. The summed E-state index contributed by atoms with van der Waals surface area (Å²) in [7, 11) is 1.56. The number of nitrogens with one attached hydrogen (secondary N) is 1. The molecule has 0 aromatic carbocycles. The molecule has 0 fully saturated rings. The van der Waals surface area contributed by atoms with Crippen molar-refractivity contribution in [2.75, 3.05) is 40.9 Å². The Kier molecular flexibility index (Phi) is 35.9. The van der Waals surface area contributed by atoms with E-state index in [1.807, 2.05) is 27.2 Å². The lowest BCUT2D eigenvalue weighted by atomic mass is 10.0. The molecule has 3 atom stereocenters. The molecular weight excluding hydrogens is 683 g/mol. The molecule has 0 radical (unpaired) electrons. The average Bonchev–Trinajstić information content (AvgIpc) is 3.10. The first-order valence-corrected chi connectivity index (χ1v) is 23.7. The Morgan fingerprint density at radius 3 is 1.51 bits per heavy atom. The monoisotopic (exact) mass is 772 g/mol. The van der Waals surface area contributed by atoms with Crippen molar-refractivity contribution in [3.05, 3.63) is 24.3 Å². The van der Waals surface area contributed by atoms with E-state index in [0.717, 1.165) is 38.5 Å². The normalized spacial score (nSPS) is 14.6. The van der Waals surface area contributed by atoms with E-state index in [0.29, 0.717) is 17.4 Å². The molecule has 0 aromatic rings.